The average Bonchev–Trinajstić information content (AvgIpc) is 2.68. The number of rotatable bonds is 6. The third kappa shape index (κ3) is 3.87. The predicted octanol–water partition coefficient (Wildman–Crippen LogP) is 3.06. The van der Waals surface area contributed by atoms with Gasteiger partial charge >= 0.3 is 11.9 Å². The number of benzene rings is 1. The van der Waals surface area contributed by atoms with Gasteiger partial charge in [0.2, 0.25) is 0 Å². The van der Waals surface area contributed by atoms with Crippen molar-refractivity contribution < 1.29 is 49.6 Å². The van der Waals surface area contributed by atoms with E-state index in [-0.39, 0.29) is 0 Å². The van der Waals surface area contributed by atoms with Gasteiger partial charge in [0.05, 0.1) is 5.41 Å². The van der Waals surface area contributed by atoms with Crippen LogP contribution in [-0.4, -0.2) is 38.1 Å². The normalized spacial score (nSPS) is 28.6. The van der Waals surface area contributed by atoms with Crippen LogP contribution < -0.4 is 0 Å². The van der Waals surface area contributed by atoms with E-state index in [0.29, 0.717) is 17.8 Å². The zero-order valence-electron chi connectivity index (χ0n) is 16.7. The van der Waals surface area contributed by atoms with Crippen LogP contribution in [0.1, 0.15) is 48.9 Å². The number of ether oxygens (including phenoxy) is 2. The minimum atomic E-state index is -5.89. The molecule has 4 bridgehead atoms. The molecule has 0 saturated heterocycles. The van der Waals surface area contributed by atoms with Gasteiger partial charge in [-0.3, -0.25) is 4.79 Å². The standard InChI is InChI=1S/C20H20F4O7S/c21-13-12(14(22)16(24)17(15(13)23)32(27,28)29)18(25)30-1-2-31-19(26)20-6-9-3-10(7-20)5-11(4-9)8-20/h9-11H,1-8H2,(H,27,28,29)/p-1. The maximum Gasteiger partial charge on any atom is 0.344 e. The van der Waals surface area contributed by atoms with Crippen LogP contribution in [0.2, 0.25) is 0 Å². The Labute approximate surface area is 180 Å². The van der Waals surface area contributed by atoms with Crippen molar-refractivity contribution in [3.63, 3.8) is 0 Å². The topological polar surface area (TPSA) is 110 Å². The van der Waals surface area contributed by atoms with E-state index in [1.165, 1.54) is 0 Å². The molecule has 1 aromatic carbocycles. The molecule has 0 radical (unpaired) electrons. The molecule has 5 rings (SSSR count). The smallest absolute Gasteiger partial charge is 0.344 e. The molecule has 4 aliphatic carbocycles. The van der Waals surface area contributed by atoms with Gasteiger partial charge in [0, 0.05) is 0 Å². The van der Waals surface area contributed by atoms with E-state index in [4.69, 9.17) is 4.74 Å². The molecule has 32 heavy (non-hydrogen) atoms. The van der Waals surface area contributed by atoms with Gasteiger partial charge in [0.1, 0.15) is 33.8 Å². The van der Waals surface area contributed by atoms with Crippen molar-refractivity contribution in [2.45, 2.75) is 43.4 Å². The first-order valence-corrected chi connectivity index (χ1v) is 11.5. The molecule has 0 aliphatic heterocycles. The van der Waals surface area contributed by atoms with Crippen molar-refractivity contribution in [3.05, 3.63) is 28.8 Å². The number of carbonyl (C=O) groups excluding carboxylic acids is 2. The van der Waals surface area contributed by atoms with Crippen LogP contribution in [0.5, 0.6) is 0 Å². The van der Waals surface area contributed by atoms with Crippen molar-refractivity contribution in [2.24, 2.45) is 23.2 Å². The number of halogens is 4. The molecule has 12 heteroatoms. The van der Waals surface area contributed by atoms with Crippen LogP contribution >= 0.6 is 0 Å². The Morgan fingerprint density at radius 3 is 1.72 bits per heavy atom. The molecule has 0 spiro atoms. The molecule has 0 atom stereocenters. The van der Waals surface area contributed by atoms with E-state index in [1.54, 1.807) is 0 Å². The first kappa shape index (κ1) is 23.0. The number of hydrogen-bond acceptors (Lipinski definition) is 7. The molecule has 4 fully saturated rings. The summed E-state index contributed by atoms with van der Waals surface area (Å²) in [5.41, 5.74) is -2.40. The van der Waals surface area contributed by atoms with E-state index < -0.39 is 74.4 Å². The lowest BCUT2D eigenvalue weighted by Crippen LogP contribution is -2.50. The maximum absolute atomic E-state index is 14.0. The minimum Gasteiger partial charge on any atom is -0.744 e. The molecule has 4 aliphatic rings. The Bertz CT molecular complexity index is 1020. The van der Waals surface area contributed by atoms with Gasteiger partial charge in [-0.2, -0.15) is 0 Å². The van der Waals surface area contributed by atoms with Gasteiger partial charge in [0.25, 0.3) is 0 Å². The summed E-state index contributed by atoms with van der Waals surface area (Å²) < 4.78 is 97.7. The average molecular weight is 479 g/mol. The highest BCUT2D eigenvalue weighted by atomic mass is 32.2. The molecule has 7 nitrogen and oxygen atoms in total. The van der Waals surface area contributed by atoms with E-state index >= 15 is 0 Å². The molecule has 0 heterocycles. The second-order valence-electron chi connectivity index (χ2n) is 8.88. The predicted molar refractivity (Wildman–Crippen MR) is 96.1 cm³/mol. The van der Waals surface area contributed by atoms with Crippen molar-refractivity contribution >= 4 is 22.1 Å². The summed E-state index contributed by atoms with van der Waals surface area (Å²) in [4.78, 5) is 22.2. The van der Waals surface area contributed by atoms with Crippen LogP contribution in [0.25, 0.3) is 0 Å². The molecule has 0 N–H and O–H groups in total. The summed E-state index contributed by atoms with van der Waals surface area (Å²) in [5.74, 6) is -10.6. The summed E-state index contributed by atoms with van der Waals surface area (Å²) in [7, 11) is -5.89. The Hall–Kier alpha value is -2.21. The number of hydrogen-bond donors (Lipinski definition) is 0. The van der Waals surface area contributed by atoms with Gasteiger partial charge in [0.15, 0.2) is 23.3 Å². The van der Waals surface area contributed by atoms with Crippen LogP contribution in [0.15, 0.2) is 4.90 Å². The summed E-state index contributed by atoms with van der Waals surface area (Å²) in [6.07, 6.45) is 5.55. The van der Waals surface area contributed by atoms with E-state index in [1.807, 2.05) is 0 Å². The SMILES string of the molecule is O=C(OCCOC(=O)C12CC3CC(CC(C3)C1)C2)c1c(F)c(F)c(S(=O)(=O)[O-])c(F)c1F. The van der Waals surface area contributed by atoms with Crippen LogP contribution in [0, 0.1) is 46.4 Å². The first-order chi connectivity index (χ1) is 14.9. The Balaban J connectivity index is 1.38. The Morgan fingerprint density at radius 1 is 0.844 bits per heavy atom. The summed E-state index contributed by atoms with van der Waals surface area (Å²) in [6, 6.07) is 0. The quantitative estimate of drug-likeness (QED) is 0.203. The third-order valence-electron chi connectivity index (χ3n) is 6.70. The summed E-state index contributed by atoms with van der Waals surface area (Å²) >= 11 is 0. The van der Waals surface area contributed by atoms with Gasteiger partial charge in [-0.05, 0) is 56.3 Å². The summed E-state index contributed by atoms with van der Waals surface area (Å²) in [5, 5.41) is 0. The molecule has 0 aromatic heterocycles. The molecule has 0 unspecified atom stereocenters. The van der Waals surface area contributed by atoms with Gasteiger partial charge < -0.3 is 14.0 Å². The molecular formula is C20H19F4O7S-. The molecule has 176 valence electrons. The fourth-order valence-electron chi connectivity index (χ4n) is 5.86. The van der Waals surface area contributed by atoms with Crippen molar-refractivity contribution in [2.75, 3.05) is 13.2 Å². The lowest BCUT2D eigenvalue weighted by atomic mass is 9.49. The van der Waals surface area contributed by atoms with Crippen LogP contribution in [0.3, 0.4) is 0 Å². The third-order valence-corrected chi connectivity index (χ3v) is 7.56. The number of esters is 2. The Morgan fingerprint density at radius 2 is 1.28 bits per heavy atom. The maximum atomic E-state index is 14.0. The largest absolute Gasteiger partial charge is 0.744 e. The van der Waals surface area contributed by atoms with Gasteiger partial charge in [-0.1, -0.05) is 0 Å². The molecule has 4 saturated carbocycles. The second kappa shape index (κ2) is 7.98. The van der Waals surface area contributed by atoms with E-state index in [2.05, 4.69) is 4.74 Å². The van der Waals surface area contributed by atoms with E-state index in [9.17, 15) is 40.1 Å². The van der Waals surface area contributed by atoms with Crippen molar-refractivity contribution in [1.29, 1.82) is 0 Å². The lowest BCUT2D eigenvalue weighted by molar-refractivity contribution is -0.172. The minimum absolute atomic E-state index is 0.424. The monoisotopic (exact) mass is 479 g/mol. The lowest BCUT2D eigenvalue weighted by Gasteiger charge is -2.55. The fourth-order valence-corrected chi connectivity index (χ4v) is 6.48. The van der Waals surface area contributed by atoms with Crippen molar-refractivity contribution in [3.8, 4) is 0 Å². The molecular weight excluding hydrogens is 460 g/mol. The van der Waals surface area contributed by atoms with Gasteiger partial charge in [-0.25, -0.2) is 30.8 Å². The molecule has 1 aromatic rings. The fraction of sp³-hybridized carbons (Fsp3) is 0.600. The highest BCUT2D eigenvalue weighted by Crippen LogP contribution is 2.60. The zero-order chi connectivity index (χ0) is 23.4. The summed E-state index contributed by atoms with van der Waals surface area (Å²) in [6.45, 7) is -1.09. The van der Waals surface area contributed by atoms with Gasteiger partial charge in [-0.15, -0.1) is 0 Å². The van der Waals surface area contributed by atoms with Crippen LogP contribution in [-0.2, 0) is 24.4 Å². The molecule has 0 amide bonds. The highest BCUT2D eigenvalue weighted by Gasteiger charge is 2.55. The second-order valence-corrected chi connectivity index (χ2v) is 10.2. The number of carbonyl (C=O) groups is 2. The first-order valence-electron chi connectivity index (χ1n) is 10.1. The van der Waals surface area contributed by atoms with E-state index in [0.717, 1.165) is 38.5 Å². The van der Waals surface area contributed by atoms with Crippen molar-refractivity contribution in [1.82, 2.24) is 0 Å². The van der Waals surface area contributed by atoms with Crippen LogP contribution in [0.4, 0.5) is 17.6 Å². The Kier molecular flexibility index (Phi) is 5.73. The highest BCUT2D eigenvalue weighted by molar-refractivity contribution is 7.85. The zero-order valence-corrected chi connectivity index (χ0v) is 17.5.